The fourth-order valence-corrected chi connectivity index (χ4v) is 3.87. The lowest BCUT2D eigenvalue weighted by atomic mass is 9.98. The minimum Gasteiger partial charge on any atom is -0.320 e. The standard InChI is InChI=1S/C19H17N3O4/c23-18-11-17(20-9-8-13-4-1-2-5-14(13)12-20)19(24)21(18)15-6-3-7-16(10-15)22(25)26/h1-7,10,17H,8-9,11-12H2/p+1/t17-/m0/s1. The maximum atomic E-state index is 12.9. The van der Waals surface area contributed by atoms with E-state index in [0.29, 0.717) is 6.54 Å². The average molecular weight is 352 g/mol. The van der Waals surface area contributed by atoms with E-state index >= 15 is 0 Å². The van der Waals surface area contributed by atoms with Gasteiger partial charge < -0.3 is 4.90 Å². The highest BCUT2D eigenvalue weighted by Crippen LogP contribution is 2.26. The third-order valence-corrected chi connectivity index (χ3v) is 5.19. The molecule has 0 bridgehead atoms. The van der Waals surface area contributed by atoms with Gasteiger partial charge in [-0.15, -0.1) is 0 Å². The lowest BCUT2D eigenvalue weighted by Gasteiger charge is -2.29. The van der Waals surface area contributed by atoms with Gasteiger partial charge in [0.25, 0.3) is 11.6 Å². The van der Waals surface area contributed by atoms with Crippen molar-refractivity contribution in [2.75, 3.05) is 11.4 Å². The Bertz CT molecular complexity index is 911. The van der Waals surface area contributed by atoms with Gasteiger partial charge in [0.05, 0.1) is 23.6 Å². The van der Waals surface area contributed by atoms with Crippen LogP contribution in [0.2, 0.25) is 0 Å². The number of rotatable bonds is 3. The van der Waals surface area contributed by atoms with Gasteiger partial charge in [-0.3, -0.25) is 19.7 Å². The molecule has 1 saturated heterocycles. The van der Waals surface area contributed by atoms with Gasteiger partial charge in [0.1, 0.15) is 6.54 Å². The van der Waals surface area contributed by atoms with E-state index in [4.69, 9.17) is 0 Å². The quantitative estimate of drug-likeness (QED) is 0.505. The molecule has 2 aromatic rings. The van der Waals surface area contributed by atoms with Gasteiger partial charge in [0.2, 0.25) is 5.91 Å². The molecule has 7 nitrogen and oxygen atoms in total. The first-order chi connectivity index (χ1) is 12.5. The number of carbonyl (C=O) groups is 2. The van der Waals surface area contributed by atoms with Crippen LogP contribution in [0.25, 0.3) is 0 Å². The Balaban J connectivity index is 1.58. The molecule has 1 N–H and O–H groups in total. The topological polar surface area (TPSA) is 85.0 Å². The molecule has 26 heavy (non-hydrogen) atoms. The summed E-state index contributed by atoms with van der Waals surface area (Å²) in [5.74, 6) is -0.572. The van der Waals surface area contributed by atoms with Crippen molar-refractivity contribution in [2.24, 2.45) is 0 Å². The highest BCUT2D eigenvalue weighted by molar-refractivity contribution is 6.22. The zero-order valence-corrected chi connectivity index (χ0v) is 14.1. The number of nitro benzene ring substituents is 1. The van der Waals surface area contributed by atoms with E-state index in [-0.39, 0.29) is 29.6 Å². The predicted molar refractivity (Wildman–Crippen MR) is 93.7 cm³/mol. The lowest BCUT2D eigenvalue weighted by molar-refractivity contribution is -0.930. The van der Waals surface area contributed by atoms with E-state index in [2.05, 4.69) is 12.1 Å². The molecule has 1 fully saturated rings. The van der Waals surface area contributed by atoms with Crippen LogP contribution in [0.1, 0.15) is 17.5 Å². The molecule has 132 valence electrons. The highest BCUT2D eigenvalue weighted by Gasteiger charge is 2.46. The van der Waals surface area contributed by atoms with Crippen LogP contribution in [0.15, 0.2) is 48.5 Å². The van der Waals surface area contributed by atoms with E-state index in [1.54, 1.807) is 6.07 Å². The minimum atomic E-state index is -0.529. The van der Waals surface area contributed by atoms with Crippen LogP contribution in [0.5, 0.6) is 0 Å². The Morgan fingerprint density at radius 1 is 1.08 bits per heavy atom. The molecule has 2 atom stereocenters. The Morgan fingerprint density at radius 2 is 1.85 bits per heavy atom. The first-order valence-electron chi connectivity index (χ1n) is 8.57. The van der Waals surface area contributed by atoms with E-state index in [1.165, 1.54) is 29.3 Å². The fraction of sp³-hybridized carbons (Fsp3) is 0.263. The summed E-state index contributed by atoms with van der Waals surface area (Å²) in [6, 6.07) is 13.4. The predicted octanol–water partition coefficient (Wildman–Crippen LogP) is 0.868. The molecule has 0 aliphatic carbocycles. The molecular formula is C19H18N3O4+. The van der Waals surface area contributed by atoms with Crippen molar-refractivity contribution in [1.82, 2.24) is 0 Å². The number of nitro groups is 1. The number of nitrogens with zero attached hydrogens (tertiary/aromatic N) is 2. The van der Waals surface area contributed by atoms with Crippen LogP contribution >= 0.6 is 0 Å². The first-order valence-corrected chi connectivity index (χ1v) is 8.57. The third-order valence-electron chi connectivity index (χ3n) is 5.19. The molecule has 0 saturated carbocycles. The summed E-state index contributed by atoms with van der Waals surface area (Å²) in [6.07, 6.45) is 1.01. The Kier molecular flexibility index (Phi) is 4.00. The largest absolute Gasteiger partial charge is 0.320 e. The molecule has 1 unspecified atom stereocenters. The van der Waals surface area contributed by atoms with E-state index < -0.39 is 11.0 Å². The minimum absolute atomic E-state index is 0.134. The number of fused-ring (bicyclic) bond motifs is 1. The summed E-state index contributed by atoms with van der Waals surface area (Å²) < 4.78 is 0. The van der Waals surface area contributed by atoms with Crippen molar-refractivity contribution in [3.8, 4) is 0 Å². The summed E-state index contributed by atoms with van der Waals surface area (Å²) >= 11 is 0. The Labute approximate surface area is 150 Å². The molecule has 2 aliphatic heterocycles. The summed E-state index contributed by atoms with van der Waals surface area (Å²) in [4.78, 5) is 38.0. The van der Waals surface area contributed by atoms with Gasteiger partial charge in [-0.1, -0.05) is 30.3 Å². The van der Waals surface area contributed by atoms with E-state index in [0.717, 1.165) is 22.8 Å². The number of quaternary nitrogens is 1. The van der Waals surface area contributed by atoms with Crippen molar-refractivity contribution in [3.63, 3.8) is 0 Å². The van der Waals surface area contributed by atoms with Crippen LogP contribution in [-0.4, -0.2) is 29.3 Å². The Hall–Kier alpha value is -3.06. The first kappa shape index (κ1) is 16.4. The van der Waals surface area contributed by atoms with Crippen LogP contribution in [0.4, 0.5) is 11.4 Å². The monoisotopic (exact) mass is 352 g/mol. The van der Waals surface area contributed by atoms with Gasteiger partial charge in [-0.2, -0.15) is 0 Å². The lowest BCUT2D eigenvalue weighted by Crippen LogP contribution is -3.16. The van der Waals surface area contributed by atoms with Crippen molar-refractivity contribution >= 4 is 23.2 Å². The maximum absolute atomic E-state index is 12.9. The zero-order valence-electron chi connectivity index (χ0n) is 14.1. The molecule has 0 radical (unpaired) electrons. The van der Waals surface area contributed by atoms with Crippen LogP contribution < -0.4 is 9.80 Å². The average Bonchev–Trinajstić information content (AvgIpc) is 2.95. The van der Waals surface area contributed by atoms with E-state index in [1.807, 2.05) is 12.1 Å². The number of anilines is 1. The van der Waals surface area contributed by atoms with Gasteiger partial charge >= 0.3 is 0 Å². The normalized spacial score (nSPS) is 22.4. The van der Waals surface area contributed by atoms with Gasteiger partial charge in [0.15, 0.2) is 6.04 Å². The second-order valence-corrected chi connectivity index (χ2v) is 6.70. The smallest absolute Gasteiger partial charge is 0.292 e. The van der Waals surface area contributed by atoms with Crippen LogP contribution in [0.3, 0.4) is 0 Å². The third kappa shape index (κ3) is 2.76. The maximum Gasteiger partial charge on any atom is 0.292 e. The SMILES string of the molecule is O=C1C[C@H]([NH+]2CCc3ccccc3C2)C(=O)N1c1cccc([N+](=O)[O-])c1. The number of imide groups is 1. The number of nitrogens with one attached hydrogen (secondary N) is 1. The van der Waals surface area contributed by atoms with Gasteiger partial charge in [-0.05, 0) is 11.6 Å². The van der Waals surface area contributed by atoms with Crippen molar-refractivity contribution < 1.29 is 19.4 Å². The summed E-state index contributed by atoms with van der Waals surface area (Å²) in [6.45, 7) is 1.51. The molecule has 7 heteroatoms. The fourth-order valence-electron chi connectivity index (χ4n) is 3.87. The number of non-ortho nitro benzene ring substituents is 1. The second kappa shape index (κ2) is 6.34. The van der Waals surface area contributed by atoms with Gasteiger partial charge in [-0.25, -0.2) is 4.90 Å². The second-order valence-electron chi connectivity index (χ2n) is 6.70. The van der Waals surface area contributed by atoms with E-state index in [9.17, 15) is 19.7 Å². The molecular weight excluding hydrogens is 334 g/mol. The van der Waals surface area contributed by atoms with Crippen molar-refractivity contribution in [1.29, 1.82) is 0 Å². The number of carbonyl (C=O) groups excluding carboxylic acids is 2. The van der Waals surface area contributed by atoms with Gasteiger partial charge in [0, 0.05) is 24.1 Å². The summed E-state index contributed by atoms with van der Waals surface area (Å²) in [5.41, 5.74) is 2.64. The van der Waals surface area contributed by atoms with Crippen molar-refractivity contribution in [3.05, 3.63) is 69.8 Å². The number of hydrogen-bond donors (Lipinski definition) is 1. The number of amides is 2. The highest BCUT2D eigenvalue weighted by atomic mass is 16.6. The summed E-state index contributed by atoms with van der Waals surface area (Å²) in [5, 5.41) is 11.0. The molecule has 4 rings (SSSR count). The summed E-state index contributed by atoms with van der Waals surface area (Å²) in [7, 11) is 0. The molecule has 2 amide bonds. The Morgan fingerprint density at radius 3 is 2.62 bits per heavy atom. The van der Waals surface area contributed by atoms with Crippen LogP contribution in [0, 0.1) is 10.1 Å². The van der Waals surface area contributed by atoms with Crippen molar-refractivity contribution in [2.45, 2.75) is 25.4 Å². The number of benzene rings is 2. The molecule has 2 aromatic carbocycles. The number of hydrogen-bond acceptors (Lipinski definition) is 4. The van der Waals surface area contributed by atoms with Crippen LogP contribution in [-0.2, 0) is 22.6 Å². The molecule has 0 spiro atoms. The molecule has 2 heterocycles. The zero-order chi connectivity index (χ0) is 18.3. The molecule has 0 aromatic heterocycles. The molecule has 2 aliphatic rings.